The van der Waals surface area contributed by atoms with Crippen molar-refractivity contribution in [2.75, 3.05) is 22.9 Å². The zero-order valence-electron chi connectivity index (χ0n) is 11.7. The molecule has 118 valence electrons. The molecule has 0 saturated heterocycles. The third-order valence-electron chi connectivity index (χ3n) is 2.69. The molecule has 8 nitrogen and oxygen atoms in total. The van der Waals surface area contributed by atoms with Crippen LogP contribution in [0.15, 0.2) is 18.6 Å². The molecule has 1 N–H and O–H groups in total. The van der Waals surface area contributed by atoms with Crippen molar-refractivity contribution in [1.29, 1.82) is 0 Å². The van der Waals surface area contributed by atoms with Gasteiger partial charge in [0.05, 0.1) is 19.0 Å². The van der Waals surface area contributed by atoms with Gasteiger partial charge in [0, 0.05) is 19.4 Å². The normalized spacial score (nSPS) is 11.3. The lowest BCUT2D eigenvalue weighted by atomic mass is 10.4. The maximum Gasteiger partial charge on any atom is 0.233 e. The second kappa shape index (κ2) is 6.59. The molecule has 0 atom stereocenters. The van der Waals surface area contributed by atoms with E-state index in [0.717, 1.165) is 10.6 Å². The molecule has 0 aliphatic heterocycles. The SMILES string of the molecule is CN(c1nccnc1CNc1nc(Cl)ncc1Cl)S(C)(=O)=O. The van der Waals surface area contributed by atoms with Crippen LogP contribution in [0.2, 0.25) is 10.3 Å². The van der Waals surface area contributed by atoms with Crippen molar-refractivity contribution in [3.63, 3.8) is 0 Å². The lowest BCUT2D eigenvalue weighted by Gasteiger charge is -2.18. The number of aromatic nitrogens is 4. The van der Waals surface area contributed by atoms with E-state index in [-0.39, 0.29) is 22.7 Å². The van der Waals surface area contributed by atoms with Crippen molar-refractivity contribution in [1.82, 2.24) is 19.9 Å². The molecular formula is C11H12Cl2N6O2S. The Morgan fingerprint density at radius 3 is 2.59 bits per heavy atom. The Kier molecular flexibility index (Phi) is 4.99. The maximum absolute atomic E-state index is 11.6. The molecule has 0 aliphatic rings. The third kappa shape index (κ3) is 3.93. The van der Waals surface area contributed by atoms with Gasteiger partial charge in [0.2, 0.25) is 15.3 Å². The number of halogens is 2. The van der Waals surface area contributed by atoms with Crippen LogP contribution in [-0.4, -0.2) is 41.7 Å². The maximum atomic E-state index is 11.6. The molecule has 22 heavy (non-hydrogen) atoms. The first-order valence-electron chi connectivity index (χ1n) is 5.94. The summed E-state index contributed by atoms with van der Waals surface area (Å²) in [5.41, 5.74) is 0.418. The fraction of sp³-hybridized carbons (Fsp3) is 0.273. The second-order valence-corrected chi connectivity index (χ2v) is 7.01. The number of anilines is 2. The summed E-state index contributed by atoms with van der Waals surface area (Å²) in [6.45, 7) is 0.163. The van der Waals surface area contributed by atoms with Crippen LogP contribution in [0.1, 0.15) is 5.69 Å². The zero-order valence-corrected chi connectivity index (χ0v) is 14.0. The van der Waals surface area contributed by atoms with Gasteiger partial charge in [0.1, 0.15) is 16.5 Å². The standard InChI is InChI=1S/C11H12Cl2N6O2S/c1-19(22(2,20)21)10-8(14-3-4-15-10)6-16-9-7(12)5-17-11(13)18-9/h3-5H,6H2,1-2H3,(H,16,17,18). The number of sulfonamides is 1. The first-order valence-corrected chi connectivity index (χ1v) is 8.55. The molecule has 2 aromatic heterocycles. The zero-order chi connectivity index (χ0) is 16.3. The van der Waals surface area contributed by atoms with Crippen molar-refractivity contribution >= 4 is 44.9 Å². The van der Waals surface area contributed by atoms with Crippen LogP contribution < -0.4 is 9.62 Å². The Balaban J connectivity index is 2.26. The Morgan fingerprint density at radius 2 is 1.91 bits per heavy atom. The van der Waals surface area contributed by atoms with E-state index in [1.807, 2.05) is 0 Å². The minimum absolute atomic E-state index is 0.0412. The third-order valence-corrected chi connectivity index (χ3v) is 4.31. The Bertz CT molecular complexity index is 786. The number of nitrogens with zero attached hydrogens (tertiary/aromatic N) is 5. The summed E-state index contributed by atoms with van der Waals surface area (Å²) in [6, 6.07) is 0. The first kappa shape index (κ1) is 16.7. The van der Waals surface area contributed by atoms with Gasteiger partial charge in [0.15, 0.2) is 5.82 Å². The molecule has 11 heteroatoms. The Labute approximate surface area is 137 Å². The van der Waals surface area contributed by atoms with E-state index in [4.69, 9.17) is 23.2 Å². The summed E-state index contributed by atoms with van der Waals surface area (Å²) in [7, 11) is -2.05. The number of nitrogens with one attached hydrogen (secondary N) is 1. The van der Waals surface area contributed by atoms with Gasteiger partial charge >= 0.3 is 0 Å². The van der Waals surface area contributed by atoms with Crippen molar-refractivity contribution < 1.29 is 8.42 Å². The largest absolute Gasteiger partial charge is 0.363 e. The summed E-state index contributed by atoms with van der Waals surface area (Å²) >= 11 is 11.7. The van der Waals surface area contributed by atoms with Crippen LogP contribution in [0.4, 0.5) is 11.6 Å². The molecule has 0 radical (unpaired) electrons. The molecule has 0 aliphatic carbocycles. The van der Waals surface area contributed by atoms with Crippen molar-refractivity contribution in [2.45, 2.75) is 6.54 Å². The van der Waals surface area contributed by atoms with E-state index in [9.17, 15) is 8.42 Å². The van der Waals surface area contributed by atoms with Crippen LogP contribution in [0, 0.1) is 0 Å². The van der Waals surface area contributed by atoms with Gasteiger partial charge in [-0.1, -0.05) is 11.6 Å². The average molecular weight is 363 g/mol. The number of hydrogen-bond donors (Lipinski definition) is 1. The van der Waals surface area contributed by atoms with Crippen molar-refractivity contribution in [2.24, 2.45) is 0 Å². The molecule has 0 unspecified atom stereocenters. The van der Waals surface area contributed by atoms with E-state index >= 15 is 0 Å². The van der Waals surface area contributed by atoms with Gasteiger partial charge in [-0.15, -0.1) is 0 Å². The Hall–Kier alpha value is -1.71. The van der Waals surface area contributed by atoms with Gasteiger partial charge in [-0.2, -0.15) is 4.98 Å². The summed E-state index contributed by atoms with van der Waals surface area (Å²) in [6.07, 6.45) is 5.32. The molecule has 2 heterocycles. The minimum atomic E-state index is -3.45. The van der Waals surface area contributed by atoms with Gasteiger partial charge in [-0.05, 0) is 11.6 Å². The van der Waals surface area contributed by atoms with Crippen LogP contribution in [0.3, 0.4) is 0 Å². The highest BCUT2D eigenvalue weighted by molar-refractivity contribution is 7.92. The van der Waals surface area contributed by atoms with E-state index in [0.29, 0.717) is 11.5 Å². The fourth-order valence-corrected chi connectivity index (χ4v) is 2.30. The quantitative estimate of drug-likeness (QED) is 0.805. The highest BCUT2D eigenvalue weighted by Gasteiger charge is 2.18. The first-order chi connectivity index (χ1) is 10.3. The van der Waals surface area contributed by atoms with Crippen LogP contribution in [0.5, 0.6) is 0 Å². The monoisotopic (exact) mass is 362 g/mol. The summed E-state index contributed by atoms with van der Waals surface area (Å²) in [4.78, 5) is 15.9. The highest BCUT2D eigenvalue weighted by Crippen LogP contribution is 2.22. The highest BCUT2D eigenvalue weighted by atomic mass is 35.5. The van der Waals surface area contributed by atoms with E-state index in [2.05, 4.69) is 25.3 Å². The number of rotatable bonds is 5. The smallest absolute Gasteiger partial charge is 0.233 e. The average Bonchev–Trinajstić information content (AvgIpc) is 2.47. The van der Waals surface area contributed by atoms with Crippen LogP contribution in [-0.2, 0) is 16.6 Å². The van der Waals surface area contributed by atoms with Crippen molar-refractivity contribution in [3.8, 4) is 0 Å². The molecule has 0 amide bonds. The second-order valence-electron chi connectivity index (χ2n) is 4.25. The fourth-order valence-electron chi connectivity index (χ4n) is 1.54. The molecular weight excluding hydrogens is 351 g/mol. The minimum Gasteiger partial charge on any atom is -0.363 e. The van der Waals surface area contributed by atoms with E-state index in [1.54, 1.807) is 0 Å². The predicted molar refractivity (Wildman–Crippen MR) is 84.7 cm³/mol. The molecule has 0 aromatic carbocycles. The summed E-state index contributed by atoms with van der Waals surface area (Å²) in [5, 5.41) is 3.25. The van der Waals surface area contributed by atoms with Gasteiger partial charge in [-0.3, -0.25) is 9.29 Å². The van der Waals surface area contributed by atoms with Gasteiger partial charge in [-0.25, -0.2) is 18.4 Å². The molecule has 0 saturated carbocycles. The Morgan fingerprint density at radius 1 is 1.23 bits per heavy atom. The van der Waals surface area contributed by atoms with Gasteiger partial charge in [0.25, 0.3) is 0 Å². The topological polar surface area (TPSA) is 101 Å². The lowest BCUT2D eigenvalue weighted by Crippen LogP contribution is -2.27. The van der Waals surface area contributed by atoms with Gasteiger partial charge < -0.3 is 5.32 Å². The molecule has 2 aromatic rings. The van der Waals surface area contributed by atoms with E-state index in [1.165, 1.54) is 25.6 Å². The molecule has 0 spiro atoms. The van der Waals surface area contributed by atoms with Crippen LogP contribution in [0.25, 0.3) is 0 Å². The van der Waals surface area contributed by atoms with Crippen molar-refractivity contribution in [3.05, 3.63) is 34.6 Å². The molecule has 2 rings (SSSR count). The number of hydrogen-bond acceptors (Lipinski definition) is 7. The summed E-state index contributed by atoms with van der Waals surface area (Å²) in [5.74, 6) is 0.536. The van der Waals surface area contributed by atoms with Crippen LogP contribution >= 0.6 is 23.2 Å². The summed E-state index contributed by atoms with van der Waals surface area (Å²) < 4.78 is 24.3. The lowest BCUT2D eigenvalue weighted by molar-refractivity contribution is 0.599. The molecule has 0 fully saturated rings. The van der Waals surface area contributed by atoms with E-state index < -0.39 is 10.0 Å². The predicted octanol–water partition coefficient (Wildman–Crippen LogP) is 1.58. The molecule has 0 bridgehead atoms.